The normalized spacial score (nSPS) is 23.1. The van der Waals surface area contributed by atoms with E-state index in [1.165, 1.54) is 28.2 Å². The van der Waals surface area contributed by atoms with Gasteiger partial charge >= 0.3 is 0 Å². The van der Waals surface area contributed by atoms with E-state index in [9.17, 15) is 9.59 Å². The highest BCUT2D eigenvalue weighted by Crippen LogP contribution is 2.17. The minimum absolute atomic E-state index is 0.0767. The number of hydrogen-bond acceptors (Lipinski definition) is 2. The van der Waals surface area contributed by atoms with Crippen molar-refractivity contribution in [3.63, 3.8) is 0 Å². The molecule has 1 aromatic carbocycles. The zero-order valence-corrected chi connectivity index (χ0v) is 17.5. The summed E-state index contributed by atoms with van der Waals surface area (Å²) in [5, 5.41) is 3.06. The summed E-state index contributed by atoms with van der Waals surface area (Å²) < 4.78 is 0. The Hall–Kier alpha value is -1.92. The first kappa shape index (κ1) is 20.8. The number of rotatable bonds is 5. The van der Waals surface area contributed by atoms with Gasteiger partial charge in [0.2, 0.25) is 0 Å². The van der Waals surface area contributed by atoms with Gasteiger partial charge in [0.1, 0.15) is 26.2 Å². The molecule has 3 N–H and O–H groups in total. The van der Waals surface area contributed by atoms with E-state index in [0.29, 0.717) is 19.0 Å². The van der Waals surface area contributed by atoms with Crippen molar-refractivity contribution in [1.29, 1.82) is 0 Å². The second-order valence-electron chi connectivity index (χ2n) is 8.44. The number of aryl methyl sites for hydroxylation is 1. The first-order valence-electron chi connectivity index (χ1n) is 10.8. The smallest absolute Gasteiger partial charge is 0.279 e. The van der Waals surface area contributed by atoms with Crippen LogP contribution in [0.3, 0.4) is 0 Å². The van der Waals surface area contributed by atoms with Gasteiger partial charge < -0.3 is 20.0 Å². The average molecular weight is 389 g/mol. The minimum atomic E-state index is 0.0767. The first-order chi connectivity index (χ1) is 13.5. The summed E-state index contributed by atoms with van der Waals surface area (Å²) in [5.74, 6) is 0.390. The number of carbonyl (C=O) groups excluding carboxylic acids is 2. The summed E-state index contributed by atoms with van der Waals surface area (Å²) in [5.41, 5.74) is 3.24. The van der Waals surface area contributed by atoms with E-state index < -0.39 is 0 Å². The van der Waals surface area contributed by atoms with Crippen molar-refractivity contribution >= 4 is 17.5 Å². The van der Waals surface area contributed by atoms with Crippen LogP contribution in [0.25, 0.3) is 0 Å². The van der Waals surface area contributed by atoms with Gasteiger partial charge in [0.25, 0.3) is 11.8 Å². The van der Waals surface area contributed by atoms with Gasteiger partial charge in [-0.25, -0.2) is 0 Å². The Morgan fingerprint density at radius 2 is 1.54 bits per heavy atom. The van der Waals surface area contributed by atoms with Crippen LogP contribution in [0.4, 0.5) is 5.69 Å². The van der Waals surface area contributed by atoms with Crippen LogP contribution < -0.4 is 15.1 Å². The number of nitrogens with zero attached hydrogens (tertiary/aromatic N) is 1. The third-order valence-electron chi connectivity index (χ3n) is 6.31. The fraction of sp³-hybridized carbons (Fsp3) is 0.636. The van der Waals surface area contributed by atoms with Crippen LogP contribution in [0.15, 0.2) is 18.2 Å². The molecule has 2 saturated heterocycles. The summed E-state index contributed by atoms with van der Waals surface area (Å²) in [6.45, 7) is 10.9. The van der Waals surface area contributed by atoms with Crippen LogP contribution in [0.2, 0.25) is 0 Å². The van der Waals surface area contributed by atoms with E-state index in [0.717, 1.165) is 63.4 Å². The molecule has 1 aromatic rings. The van der Waals surface area contributed by atoms with Gasteiger partial charge in [-0.05, 0) is 43.9 Å². The number of hydrogen-bond donors (Lipinski definition) is 3. The van der Waals surface area contributed by atoms with Crippen LogP contribution in [-0.4, -0.2) is 69.1 Å². The molecule has 3 rings (SSSR count). The third-order valence-corrected chi connectivity index (χ3v) is 6.31. The molecule has 2 amide bonds. The van der Waals surface area contributed by atoms with Gasteiger partial charge in [-0.2, -0.15) is 0 Å². The molecule has 2 heterocycles. The second-order valence-corrected chi connectivity index (χ2v) is 8.44. The lowest BCUT2D eigenvalue weighted by Gasteiger charge is -2.30. The van der Waals surface area contributed by atoms with Crippen molar-refractivity contribution in [2.45, 2.75) is 39.5 Å². The van der Waals surface area contributed by atoms with E-state index in [1.54, 1.807) is 0 Å². The van der Waals surface area contributed by atoms with Gasteiger partial charge in [0.15, 0.2) is 13.1 Å². The number of benzene rings is 1. The van der Waals surface area contributed by atoms with E-state index in [2.05, 4.69) is 23.2 Å². The highest BCUT2D eigenvalue weighted by Gasteiger charge is 2.28. The van der Waals surface area contributed by atoms with Crippen LogP contribution >= 0.6 is 0 Å². The molecule has 0 radical (unpaired) electrons. The zero-order valence-electron chi connectivity index (χ0n) is 17.5. The quantitative estimate of drug-likeness (QED) is 0.633. The van der Waals surface area contributed by atoms with Crippen molar-refractivity contribution in [3.8, 4) is 0 Å². The highest BCUT2D eigenvalue weighted by atomic mass is 16.2. The van der Waals surface area contributed by atoms with E-state index in [1.807, 2.05) is 19.1 Å². The molecule has 0 bridgehead atoms. The summed E-state index contributed by atoms with van der Waals surface area (Å²) in [4.78, 5) is 29.8. The maximum absolute atomic E-state index is 12.6. The number of anilines is 1. The number of quaternary nitrogens is 2. The predicted octanol–water partition coefficient (Wildman–Crippen LogP) is -0.572. The van der Waals surface area contributed by atoms with Crippen molar-refractivity contribution in [1.82, 2.24) is 4.90 Å². The maximum atomic E-state index is 12.6. The Labute approximate surface area is 168 Å². The summed E-state index contributed by atoms with van der Waals surface area (Å²) in [6, 6.07) is 6.01. The van der Waals surface area contributed by atoms with Crippen LogP contribution in [-0.2, 0) is 9.59 Å². The van der Waals surface area contributed by atoms with Crippen molar-refractivity contribution in [3.05, 3.63) is 29.3 Å². The monoisotopic (exact) mass is 388 g/mol. The molecule has 28 heavy (non-hydrogen) atoms. The standard InChI is InChI=1S/C22H34N4O2/c1-18-8-7-9-20(19(18)2)23-21(27)16-24-12-14-25(15-13-24)17-22(28)26-10-5-3-4-6-11-26/h7-9H,3-6,10-17H2,1-2H3,(H,23,27)/p+2. The van der Waals surface area contributed by atoms with Crippen LogP contribution in [0.5, 0.6) is 0 Å². The SMILES string of the molecule is Cc1cccc(NC(=O)C[NH+]2CC[NH+](CC(=O)N3CCCCCC3)CC2)c1C. The molecule has 2 aliphatic heterocycles. The molecule has 0 saturated carbocycles. The van der Waals surface area contributed by atoms with Gasteiger partial charge in [0.05, 0.1) is 0 Å². The Bertz CT molecular complexity index is 675. The van der Waals surface area contributed by atoms with E-state index in [4.69, 9.17) is 0 Å². The minimum Gasteiger partial charge on any atom is -0.338 e. The largest absolute Gasteiger partial charge is 0.338 e. The lowest BCUT2D eigenvalue weighted by Crippen LogP contribution is -3.28. The maximum Gasteiger partial charge on any atom is 0.279 e. The second kappa shape index (κ2) is 10.0. The summed E-state index contributed by atoms with van der Waals surface area (Å²) >= 11 is 0. The van der Waals surface area contributed by atoms with Crippen LogP contribution in [0.1, 0.15) is 36.8 Å². The number of amides is 2. The highest BCUT2D eigenvalue weighted by molar-refractivity contribution is 5.92. The Kier molecular flexibility index (Phi) is 7.45. The summed E-state index contributed by atoms with van der Waals surface area (Å²) in [7, 11) is 0. The van der Waals surface area contributed by atoms with E-state index >= 15 is 0 Å². The Morgan fingerprint density at radius 3 is 2.18 bits per heavy atom. The molecule has 0 spiro atoms. The lowest BCUT2D eigenvalue weighted by atomic mass is 10.1. The number of carbonyl (C=O) groups is 2. The van der Waals surface area contributed by atoms with Crippen molar-refractivity contribution in [2.75, 3.05) is 57.7 Å². The van der Waals surface area contributed by atoms with Gasteiger partial charge in [-0.15, -0.1) is 0 Å². The Morgan fingerprint density at radius 1 is 0.929 bits per heavy atom. The molecule has 154 valence electrons. The zero-order chi connectivity index (χ0) is 19.9. The van der Waals surface area contributed by atoms with Crippen LogP contribution in [0, 0.1) is 13.8 Å². The molecule has 0 aliphatic carbocycles. The van der Waals surface area contributed by atoms with Crippen molar-refractivity contribution in [2.24, 2.45) is 0 Å². The number of nitrogens with one attached hydrogen (secondary N) is 3. The van der Waals surface area contributed by atoms with Crippen molar-refractivity contribution < 1.29 is 19.4 Å². The molecule has 2 fully saturated rings. The third kappa shape index (κ3) is 5.79. The molecule has 0 atom stereocenters. The molecule has 6 nitrogen and oxygen atoms in total. The summed E-state index contributed by atoms with van der Waals surface area (Å²) in [6.07, 6.45) is 4.80. The molecule has 0 aromatic heterocycles. The molecular formula is C22H36N4O2+2. The van der Waals surface area contributed by atoms with Gasteiger partial charge in [0, 0.05) is 18.8 Å². The molecular weight excluding hydrogens is 352 g/mol. The lowest BCUT2D eigenvalue weighted by molar-refractivity contribution is -1.00. The topological polar surface area (TPSA) is 58.3 Å². The van der Waals surface area contributed by atoms with E-state index in [-0.39, 0.29) is 5.91 Å². The average Bonchev–Trinajstić information content (AvgIpc) is 2.97. The molecule has 0 unspecified atom stereocenters. The fourth-order valence-corrected chi connectivity index (χ4v) is 4.26. The number of piperazine rings is 1. The Balaban J connectivity index is 1.40. The van der Waals surface area contributed by atoms with Gasteiger partial charge in [-0.1, -0.05) is 25.0 Å². The number of likely N-dealkylation sites (tertiary alicyclic amines) is 1. The predicted molar refractivity (Wildman–Crippen MR) is 111 cm³/mol. The molecule has 6 heteroatoms. The fourth-order valence-electron chi connectivity index (χ4n) is 4.26. The molecule has 2 aliphatic rings. The first-order valence-corrected chi connectivity index (χ1v) is 10.8. The van der Waals surface area contributed by atoms with Gasteiger partial charge in [-0.3, -0.25) is 9.59 Å².